The summed E-state index contributed by atoms with van der Waals surface area (Å²) in [6, 6.07) is 12.2. The molecule has 2 aromatic carbocycles. The number of carbonyl (C=O) groups is 2. The number of piperidine rings is 2. The SMILES string of the molecule is NCC(=O)N1CCC(C(=O)N(CCCN2CCC(Cc3ccc(F)cc3)CC2)c2ccc(Cl)c(Cl)c2)CC1. The molecule has 0 spiro atoms. The molecular formula is C29H37Cl2FN4O2. The molecule has 2 aliphatic heterocycles. The Morgan fingerprint density at radius 1 is 0.947 bits per heavy atom. The van der Waals surface area contributed by atoms with E-state index in [9.17, 15) is 14.0 Å². The van der Waals surface area contributed by atoms with Gasteiger partial charge in [0.1, 0.15) is 5.82 Å². The van der Waals surface area contributed by atoms with Crippen LogP contribution in [0.1, 0.15) is 37.7 Å². The zero-order valence-electron chi connectivity index (χ0n) is 21.8. The smallest absolute Gasteiger partial charge is 0.236 e. The maximum atomic E-state index is 13.6. The summed E-state index contributed by atoms with van der Waals surface area (Å²) in [5.41, 5.74) is 7.45. The molecule has 4 rings (SSSR count). The normalized spacial score (nSPS) is 17.5. The molecule has 2 heterocycles. The fourth-order valence-corrected chi connectivity index (χ4v) is 5.86. The molecule has 2 aromatic rings. The van der Waals surface area contributed by atoms with Crippen LogP contribution in [0.15, 0.2) is 42.5 Å². The van der Waals surface area contributed by atoms with Gasteiger partial charge in [-0.05, 0) is 100.0 Å². The third kappa shape index (κ3) is 7.69. The zero-order valence-corrected chi connectivity index (χ0v) is 23.3. The maximum Gasteiger partial charge on any atom is 0.236 e. The third-order valence-electron chi connectivity index (χ3n) is 7.85. The van der Waals surface area contributed by atoms with Crippen LogP contribution >= 0.6 is 23.2 Å². The Morgan fingerprint density at radius 2 is 1.63 bits per heavy atom. The fraction of sp³-hybridized carbons (Fsp3) is 0.517. The van der Waals surface area contributed by atoms with Gasteiger partial charge in [-0.15, -0.1) is 0 Å². The van der Waals surface area contributed by atoms with Gasteiger partial charge in [0.25, 0.3) is 0 Å². The van der Waals surface area contributed by atoms with Crippen molar-refractivity contribution in [3.63, 3.8) is 0 Å². The molecule has 2 fully saturated rings. The summed E-state index contributed by atoms with van der Waals surface area (Å²) >= 11 is 12.4. The van der Waals surface area contributed by atoms with E-state index in [2.05, 4.69) is 4.90 Å². The Labute approximate surface area is 234 Å². The minimum Gasteiger partial charge on any atom is -0.342 e. The molecule has 6 nitrogen and oxygen atoms in total. The van der Waals surface area contributed by atoms with E-state index in [1.54, 1.807) is 17.0 Å². The number of carbonyl (C=O) groups excluding carboxylic acids is 2. The first-order valence-corrected chi connectivity index (χ1v) is 14.3. The predicted octanol–water partition coefficient (Wildman–Crippen LogP) is 5.01. The second kappa shape index (κ2) is 13.7. The number of hydrogen-bond acceptors (Lipinski definition) is 4. The summed E-state index contributed by atoms with van der Waals surface area (Å²) in [4.78, 5) is 31.6. The van der Waals surface area contributed by atoms with Crippen LogP contribution in [0.2, 0.25) is 10.0 Å². The standard InChI is InChI=1S/C29H37Cl2FN4O2/c30-26-7-6-25(19-27(26)31)36(29(38)23-10-16-35(17-11-23)28(37)20-33)13-1-12-34-14-8-22(9-15-34)18-21-2-4-24(32)5-3-21/h2-7,19,22-23H,1,8-18,20,33H2. The van der Waals surface area contributed by atoms with E-state index >= 15 is 0 Å². The number of likely N-dealkylation sites (tertiary alicyclic amines) is 2. The van der Waals surface area contributed by atoms with E-state index in [4.69, 9.17) is 28.9 Å². The topological polar surface area (TPSA) is 69.9 Å². The van der Waals surface area contributed by atoms with Gasteiger partial charge in [-0.1, -0.05) is 35.3 Å². The molecule has 2 amide bonds. The number of nitrogens with two attached hydrogens (primary N) is 1. The van der Waals surface area contributed by atoms with Crippen molar-refractivity contribution in [1.29, 1.82) is 0 Å². The summed E-state index contributed by atoms with van der Waals surface area (Å²) in [7, 11) is 0. The first-order valence-electron chi connectivity index (χ1n) is 13.5. The molecule has 0 aromatic heterocycles. The fourth-order valence-electron chi connectivity index (χ4n) is 5.57. The van der Waals surface area contributed by atoms with Crippen LogP contribution in [0.3, 0.4) is 0 Å². The number of hydrogen-bond donors (Lipinski definition) is 1. The van der Waals surface area contributed by atoms with Gasteiger partial charge in [-0.3, -0.25) is 9.59 Å². The molecule has 206 valence electrons. The van der Waals surface area contributed by atoms with Crippen LogP contribution in [0.5, 0.6) is 0 Å². The predicted molar refractivity (Wildman–Crippen MR) is 151 cm³/mol. The molecular weight excluding hydrogens is 526 g/mol. The molecule has 9 heteroatoms. The van der Waals surface area contributed by atoms with E-state index in [-0.39, 0.29) is 30.1 Å². The lowest BCUT2D eigenvalue weighted by molar-refractivity contribution is -0.133. The Bertz CT molecular complexity index is 1080. The van der Waals surface area contributed by atoms with Crippen molar-refractivity contribution in [2.45, 2.75) is 38.5 Å². The number of amides is 2. The van der Waals surface area contributed by atoms with Gasteiger partial charge >= 0.3 is 0 Å². The summed E-state index contributed by atoms with van der Waals surface area (Å²) in [6.45, 7) is 4.66. The van der Waals surface area contributed by atoms with Crippen LogP contribution in [0, 0.1) is 17.7 Å². The Morgan fingerprint density at radius 3 is 2.26 bits per heavy atom. The lowest BCUT2D eigenvalue weighted by Crippen LogP contribution is -2.46. The van der Waals surface area contributed by atoms with Gasteiger partial charge in [0.2, 0.25) is 11.8 Å². The van der Waals surface area contributed by atoms with Crippen LogP contribution in [0.4, 0.5) is 10.1 Å². The highest BCUT2D eigenvalue weighted by atomic mass is 35.5. The van der Waals surface area contributed by atoms with Crippen LogP contribution in [-0.2, 0) is 16.0 Å². The first-order chi connectivity index (χ1) is 18.3. The minimum absolute atomic E-state index is 0.00248. The van der Waals surface area contributed by atoms with Crippen molar-refractivity contribution >= 4 is 40.7 Å². The van der Waals surface area contributed by atoms with Gasteiger partial charge in [0.05, 0.1) is 16.6 Å². The number of nitrogens with zero attached hydrogens (tertiary/aromatic N) is 3. The molecule has 0 atom stereocenters. The molecule has 0 radical (unpaired) electrons. The Balaban J connectivity index is 1.31. The molecule has 0 saturated carbocycles. The lowest BCUT2D eigenvalue weighted by Gasteiger charge is -2.35. The van der Waals surface area contributed by atoms with E-state index in [1.807, 2.05) is 23.1 Å². The second-order valence-electron chi connectivity index (χ2n) is 10.4. The molecule has 38 heavy (non-hydrogen) atoms. The minimum atomic E-state index is -0.191. The summed E-state index contributed by atoms with van der Waals surface area (Å²) in [5, 5.41) is 0.883. The van der Waals surface area contributed by atoms with Crippen LogP contribution in [-0.4, -0.2) is 67.4 Å². The Kier molecular flexibility index (Phi) is 10.4. The van der Waals surface area contributed by atoms with E-state index < -0.39 is 0 Å². The maximum absolute atomic E-state index is 13.6. The zero-order chi connectivity index (χ0) is 27.1. The highest BCUT2D eigenvalue weighted by Gasteiger charge is 2.31. The van der Waals surface area contributed by atoms with E-state index in [0.717, 1.165) is 51.0 Å². The van der Waals surface area contributed by atoms with Gasteiger partial charge < -0.3 is 20.4 Å². The second-order valence-corrected chi connectivity index (χ2v) is 11.2. The summed E-state index contributed by atoms with van der Waals surface area (Å²) in [6.07, 6.45) is 5.33. The molecule has 0 unspecified atom stereocenters. The quantitative estimate of drug-likeness (QED) is 0.466. The summed E-state index contributed by atoms with van der Waals surface area (Å²) in [5.74, 6) is 0.278. The van der Waals surface area contributed by atoms with Gasteiger partial charge in [0, 0.05) is 31.2 Å². The van der Waals surface area contributed by atoms with Crippen molar-refractivity contribution in [1.82, 2.24) is 9.80 Å². The van der Waals surface area contributed by atoms with Gasteiger partial charge in [-0.2, -0.15) is 0 Å². The number of benzene rings is 2. The monoisotopic (exact) mass is 562 g/mol. The van der Waals surface area contributed by atoms with Crippen molar-refractivity contribution in [3.8, 4) is 0 Å². The lowest BCUT2D eigenvalue weighted by atomic mass is 9.90. The highest BCUT2D eigenvalue weighted by molar-refractivity contribution is 6.42. The first kappa shape index (κ1) is 28.8. The number of rotatable bonds is 9. The van der Waals surface area contributed by atoms with Crippen molar-refractivity contribution in [2.24, 2.45) is 17.6 Å². The van der Waals surface area contributed by atoms with Crippen molar-refractivity contribution in [3.05, 3.63) is 63.9 Å². The van der Waals surface area contributed by atoms with Gasteiger partial charge in [0.15, 0.2) is 0 Å². The largest absolute Gasteiger partial charge is 0.342 e. The Hall–Kier alpha value is -2.19. The number of anilines is 1. The molecule has 2 N–H and O–H groups in total. The molecule has 0 bridgehead atoms. The van der Waals surface area contributed by atoms with E-state index in [1.165, 1.54) is 17.7 Å². The van der Waals surface area contributed by atoms with E-state index in [0.29, 0.717) is 48.4 Å². The summed E-state index contributed by atoms with van der Waals surface area (Å²) < 4.78 is 13.2. The molecule has 2 aliphatic rings. The van der Waals surface area contributed by atoms with Crippen LogP contribution in [0.25, 0.3) is 0 Å². The molecule has 2 saturated heterocycles. The highest BCUT2D eigenvalue weighted by Crippen LogP contribution is 2.30. The van der Waals surface area contributed by atoms with Crippen molar-refractivity contribution in [2.75, 3.05) is 50.7 Å². The average molecular weight is 564 g/mol. The average Bonchev–Trinajstić information content (AvgIpc) is 2.94. The third-order valence-corrected chi connectivity index (χ3v) is 8.59. The number of halogens is 3. The van der Waals surface area contributed by atoms with Crippen molar-refractivity contribution < 1.29 is 14.0 Å². The molecule has 0 aliphatic carbocycles. The van der Waals surface area contributed by atoms with Gasteiger partial charge in [-0.25, -0.2) is 4.39 Å². The van der Waals surface area contributed by atoms with Crippen LogP contribution < -0.4 is 10.6 Å².